The highest BCUT2D eigenvalue weighted by atomic mass is 32.1. The number of likely N-dealkylation sites (tertiary alicyclic amines) is 2. The zero-order valence-electron chi connectivity index (χ0n) is 16.9. The van der Waals surface area contributed by atoms with Gasteiger partial charge in [0.1, 0.15) is 0 Å². The van der Waals surface area contributed by atoms with E-state index >= 15 is 0 Å². The third-order valence-electron chi connectivity index (χ3n) is 5.45. The Kier molecular flexibility index (Phi) is 6.56. The predicted octanol–water partition coefficient (Wildman–Crippen LogP) is 2.98. The van der Waals surface area contributed by atoms with Crippen molar-refractivity contribution >= 4 is 17.3 Å². The van der Waals surface area contributed by atoms with E-state index in [4.69, 9.17) is 4.98 Å². The maximum Gasteiger partial charge on any atom is 0.193 e. The number of aliphatic imine (C=N–C) groups is 1. The van der Waals surface area contributed by atoms with Gasteiger partial charge in [0.25, 0.3) is 0 Å². The Hall–Kier alpha value is -1.14. The van der Waals surface area contributed by atoms with Crippen LogP contribution >= 0.6 is 11.3 Å². The van der Waals surface area contributed by atoms with Crippen molar-refractivity contribution in [3.63, 3.8) is 0 Å². The molecule has 1 aromatic heterocycles. The Labute approximate surface area is 162 Å². The Morgan fingerprint density at radius 2 is 2.08 bits per heavy atom. The van der Waals surface area contributed by atoms with Crippen molar-refractivity contribution in [2.75, 3.05) is 46.3 Å². The lowest BCUT2D eigenvalue weighted by Gasteiger charge is -2.23. The Bertz CT molecular complexity index is 598. The molecule has 3 heterocycles. The van der Waals surface area contributed by atoms with Gasteiger partial charge in [0.05, 0.1) is 10.7 Å². The third-order valence-corrected chi connectivity index (χ3v) is 6.36. The van der Waals surface area contributed by atoms with E-state index in [2.05, 4.69) is 46.3 Å². The number of hydrogen-bond donors (Lipinski definition) is 1. The molecule has 0 aromatic carbocycles. The molecule has 0 radical (unpaired) electrons. The van der Waals surface area contributed by atoms with Crippen molar-refractivity contribution < 1.29 is 0 Å². The van der Waals surface area contributed by atoms with Gasteiger partial charge < -0.3 is 15.1 Å². The van der Waals surface area contributed by atoms with Crippen LogP contribution in [0.4, 0.5) is 0 Å². The van der Waals surface area contributed by atoms with E-state index in [0.717, 1.165) is 37.9 Å². The van der Waals surface area contributed by atoms with Crippen LogP contribution in [0.25, 0.3) is 0 Å². The highest BCUT2D eigenvalue weighted by molar-refractivity contribution is 7.09. The molecule has 2 aliphatic rings. The van der Waals surface area contributed by atoms with Crippen LogP contribution < -0.4 is 5.32 Å². The van der Waals surface area contributed by atoms with Crippen molar-refractivity contribution in [1.29, 1.82) is 0 Å². The average molecular weight is 378 g/mol. The fourth-order valence-electron chi connectivity index (χ4n) is 3.89. The largest absolute Gasteiger partial charge is 0.356 e. The zero-order valence-corrected chi connectivity index (χ0v) is 17.7. The molecule has 146 valence electrons. The summed E-state index contributed by atoms with van der Waals surface area (Å²) in [5, 5.41) is 6.97. The minimum Gasteiger partial charge on any atom is -0.356 e. The van der Waals surface area contributed by atoms with Crippen LogP contribution in [0.5, 0.6) is 0 Å². The highest BCUT2D eigenvalue weighted by Gasteiger charge is 2.27. The van der Waals surface area contributed by atoms with E-state index in [9.17, 15) is 0 Å². The van der Waals surface area contributed by atoms with Gasteiger partial charge in [0, 0.05) is 50.4 Å². The van der Waals surface area contributed by atoms with Crippen LogP contribution in [0.1, 0.15) is 50.7 Å². The fraction of sp³-hybridized carbons (Fsp3) is 0.800. The zero-order chi connectivity index (χ0) is 18.6. The molecular weight excluding hydrogens is 342 g/mol. The molecule has 0 aliphatic carbocycles. The molecule has 1 aromatic rings. The van der Waals surface area contributed by atoms with Gasteiger partial charge in [-0.05, 0) is 38.3 Å². The van der Waals surface area contributed by atoms with Gasteiger partial charge in [-0.25, -0.2) is 4.98 Å². The molecule has 1 unspecified atom stereocenters. The number of rotatable bonds is 5. The van der Waals surface area contributed by atoms with E-state index < -0.39 is 0 Å². The normalized spacial score (nSPS) is 22.4. The van der Waals surface area contributed by atoms with Gasteiger partial charge in [-0.3, -0.25) is 4.99 Å². The minimum absolute atomic E-state index is 0.137. The quantitative estimate of drug-likeness (QED) is 0.633. The lowest BCUT2D eigenvalue weighted by molar-refractivity contribution is 0.281. The summed E-state index contributed by atoms with van der Waals surface area (Å²) in [5.41, 5.74) is 1.34. The molecule has 5 nitrogen and oxygen atoms in total. The highest BCUT2D eigenvalue weighted by Crippen LogP contribution is 2.24. The fourth-order valence-corrected chi connectivity index (χ4v) is 4.91. The lowest BCUT2D eigenvalue weighted by Crippen LogP contribution is -2.41. The first-order valence-electron chi connectivity index (χ1n) is 10.1. The second-order valence-corrected chi connectivity index (χ2v) is 9.65. The summed E-state index contributed by atoms with van der Waals surface area (Å²) in [5.74, 6) is 1.85. The third kappa shape index (κ3) is 5.19. The monoisotopic (exact) mass is 377 g/mol. The molecule has 2 fully saturated rings. The summed E-state index contributed by atoms with van der Waals surface area (Å²) in [6.07, 6.45) is 5.02. The number of nitrogens with one attached hydrogen (secondary N) is 1. The Morgan fingerprint density at radius 3 is 2.73 bits per heavy atom. The topological polar surface area (TPSA) is 43.8 Å². The van der Waals surface area contributed by atoms with Gasteiger partial charge in [-0.15, -0.1) is 11.3 Å². The Balaban J connectivity index is 1.42. The molecule has 1 N–H and O–H groups in total. The van der Waals surface area contributed by atoms with E-state index in [1.165, 1.54) is 49.6 Å². The summed E-state index contributed by atoms with van der Waals surface area (Å²) in [6, 6.07) is 0. The molecule has 2 aliphatic heterocycles. The Morgan fingerprint density at radius 1 is 1.31 bits per heavy atom. The molecule has 0 amide bonds. The van der Waals surface area contributed by atoms with Crippen LogP contribution in [0.2, 0.25) is 0 Å². The molecule has 0 bridgehead atoms. The molecular formula is C20H35N5S. The molecule has 2 saturated heterocycles. The molecule has 6 heteroatoms. The van der Waals surface area contributed by atoms with Crippen LogP contribution in [-0.2, 0) is 11.8 Å². The van der Waals surface area contributed by atoms with Gasteiger partial charge in [0.2, 0.25) is 0 Å². The van der Waals surface area contributed by atoms with Crippen LogP contribution in [0.3, 0.4) is 0 Å². The lowest BCUT2D eigenvalue weighted by atomic mass is 9.93. The number of aromatic nitrogens is 1. The van der Waals surface area contributed by atoms with Gasteiger partial charge in [-0.2, -0.15) is 0 Å². The second-order valence-electron chi connectivity index (χ2n) is 8.71. The van der Waals surface area contributed by atoms with Gasteiger partial charge in [0.15, 0.2) is 5.96 Å². The summed E-state index contributed by atoms with van der Waals surface area (Å²) >= 11 is 1.78. The predicted molar refractivity (Wildman–Crippen MR) is 111 cm³/mol. The van der Waals surface area contributed by atoms with E-state index in [1.807, 2.05) is 7.05 Å². The molecule has 26 heavy (non-hydrogen) atoms. The van der Waals surface area contributed by atoms with Crippen molar-refractivity contribution in [3.8, 4) is 0 Å². The first kappa shape index (κ1) is 19.6. The van der Waals surface area contributed by atoms with Crippen LogP contribution in [0.15, 0.2) is 10.4 Å². The van der Waals surface area contributed by atoms with Gasteiger partial charge in [-0.1, -0.05) is 20.8 Å². The first-order chi connectivity index (χ1) is 12.5. The minimum atomic E-state index is 0.137. The SMILES string of the molecule is CN=C(NCCc1nc(C(C)(C)C)cs1)N1CCC(CN2CCCC2)C1. The molecule has 1 atom stereocenters. The number of thiazole rings is 1. The standard InChI is InChI=1S/C20H35N5S/c1-20(2,3)17-15-26-18(23-17)7-9-22-19(21-4)25-12-8-16(14-25)13-24-10-5-6-11-24/h15-16H,5-14H2,1-4H3,(H,21,22). The summed E-state index contributed by atoms with van der Waals surface area (Å²) in [6.45, 7) is 13.7. The van der Waals surface area contributed by atoms with E-state index in [1.54, 1.807) is 11.3 Å². The van der Waals surface area contributed by atoms with Crippen molar-refractivity contribution in [2.45, 2.75) is 51.9 Å². The number of hydrogen-bond acceptors (Lipinski definition) is 4. The number of guanidine groups is 1. The first-order valence-corrected chi connectivity index (χ1v) is 11.0. The van der Waals surface area contributed by atoms with E-state index in [-0.39, 0.29) is 5.41 Å². The average Bonchev–Trinajstić information content (AvgIpc) is 3.33. The van der Waals surface area contributed by atoms with Crippen molar-refractivity contribution in [3.05, 3.63) is 16.1 Å². The van der Waals surface area contributed by atoms with Gasteiger partial charge >= 0.3 is 0 Å². The summed E-state index contributed by atoms with van der Waals surface area (Å²) < 4.78 is 0. The van der Waals surface area contributed by atoms with E-state index in [0.29, 0.717) is 0 Å². The number of nitrogens with zero attached hydrogens (tertiary/aromatic N) is 4. The van der Waals surface area contributed by atoms with Crippen molar-refractivity contribution in [2.24, 2.45) is 10.9 Å². The second kappa shape index (κ2) is 8.70. The maximum absolute atomic E-state index is 4.79. The van der Waals surface area contributed by atoms with Crippen molar-refractivity contribution in [1.82, 2.24) is 20.1 Å². The van der Waals surface area contributed by atoms with Crippen LogP contribution in [-0.4, -0.2) is 67.1 Å². The summed E-state index contributed by atoms with van der Waals surface area (Å²) in [7, 11) is 1.90. The van der Waals surface area contributed by atoms with Crippen LogP contribution in [0, 0.1) is 5.92 Å². The molecule has 3 rings (SSSR count). The smallest absolute Gasteiger partial charge is 0.193 e. The molecule has 0 saturated carbocycles. The molecule has 0 spiro atoms. The summed E-state index contributed by atoms with van der Waals surface area (Å²) in [4.78, 5) is 14.4. The maximum atomic E-state index is 4.79.